The predicted molar refractivity (Wildman–Crippen MR) is 105 cm³/mol. The molecule has 0 saturated heterocycles. The lowest BCUT2D eigenvalue weighted by Crippen LogP contribution is -1.78. The minimum absolute atomic E-state index is 0.00904. The van der Waals surface area contributed by atoms with Gasteiger partial charge in [-0.25, -0.2) is 0 Å². The summed E-state index contributed by atoms with van der Waals surface area (Å²) < 4.78 is 0. The van der Waals surface area contributed by atoms with Gasteiger partial charge in [-0.3, -0.25) is 0 Å². The third kappa shape index (κ3) is 5.08. The summed E-state index contributed by atoms with van der Waals surface area (Å²) in [7, 11) is 0. The lowest BCUT2D eigenvalue weighted by atomic mass is 10.3. The van der Waals surface area contributed by atoms with E-state index in [9.17, 15) is 5.11 Å². The van der Waals surface area contributed by atoms with Crippen molar-refractivity contribution in [3.05, 3.63) is 56.3 Å². The summed E-state index contributed by atoms with van der Waals surface area (Å²) in [6.45, 7) is 0. The second-order valence-electron chi connectivity index (χ2n) is 3.70. The van der Waals surface area contributed by atoms with Gasteiger partial charge in [0.15, 0.2) is 5.75 Å². The maximum Gasteiger partial charge on any atom is 0.155 e. The molecule has 126 valence electrons. The van der Waals surface area contributed by atoms with Crippen LogP contribution >= 0.6 is 116 Å². The average Bonchev–Trinajstić information content (AvgIpc) is 2.53. The van der Waals surface area contributed by atoms with Crippen molar-refractivity contribution in [3.8, 4) is 5.75 Å². The van der Waals surface area contributed by atoms with Gasteiger partial charge >= 0.3 is 0 Å². The van der Waals surface area contributed by atoms with E-state index in [0.29, 0.717) is 10.0 Å². The third-order valence-electron chi connectivity index (χ3n) is 2.24. The van der Waals surface area contributed by atoms with Crippen LogP contribution in [0.2, 0.25) is 50.2 Å². The summed E-state index contributed by atoms with van der Waals surface area (Å²) in [5.41, 5.74) is 0. The van der Waals surface area contributed by atoms with E-state index in [1.165, 1.54) is 6.07 Å². The molecule has 0 bridgehead atoms. The Morgan fingerprint density at radius 2 is 0.696 bits per heavy atom. The lowest BCUT2D eigenvalue weighted by Gasteiger charge is -2.06. The molecular formula is C12H2Cl10O. The second-order valence-corrected chi connectivity index (χ2v) is 7.54. The molecule has 1 nitrogen and oxygen atoms in total. The normalized spacial score (nSPS) is 10.3. The highest BCUT2D eigenvalue weighted by Gasteiger charge is 2.18. The number of halogens is 10. The van der Waals surface area contributed by atoms with Crippen molar-refractivity contribution < 1.29 is 5.11 Å². The molecule has 0 saturated carbocycles. The van der Waals surface area contributed by atoms with Gasteiger partial charge in [0.05, 0.1) is 40.2 Å². The molecule has 1 N–H and O–H groups in total. The molecule has 2 rings (SSSR count). The van der Waals surface area contributed by atoms with Gasteiger partial charge in [0.2, 0.25) is 0 Å². The van der Waals surface area contributed by atoms with Gasteiger partial charge in [0, 0.05) is 0 Å². The Morgan fingerprint density at radius 1 is 0.435 bits per heavy atom. The van der Waals surface area contributed by atoms with Gasteiger partial charge in [0.25, 0.3) is 0 Å². The average molecular weight is 517 g/mol. The molecule has 0 aromatic heterocycles. The van der Waals surface area contributed by atoms with Crippen LogP contribution in [0, 0.1) is 0 Å². The van der Waals surface area contributed by atoms with Crippen LogP contribution in [0.15, 0.2) is 6.07 Å². The Bertz CT molecular complexity index is 627. The van der Waals surface area contributed by atoms with Crippen LogP contribution in [-0.2, 0) is 0 Å². The van der Waals surface area contributed by atoms with Gasteiger partial charge in [-0.05, 0) is 6.07 Å². The quantitative estimate of drug-likeness (QED) is 0.273. The van der Waals surface area contributed by atoms with Crippen LogP contribution in [0.1, 0.15) is 0 Å². The number of benzene rings is 2. The molecule has 11 heteroatoms. The van der Waals surface area contributed by atoms with E-state index in [1.807, 2.05) is 0 Å². The van der Waals surface area contributed by atoms with Crippen LogP contribution in [-0.4, -0.2) is 5.11 Å². The maximum atomic E-state index is 9.20. The van der Waals surface area contributed by atoms with Crippen molar-refractivity contribution in [1.82, 2.24) is 0 Å². The Hall–Kier alpha value is 1.14. The SMILES string of the molecule is Clc1cc(Cl)c(Cl)c(Cl)c1Cl.Oc1c(Cl)c(Cl)c(Cl)c(Cl)c1Cl. The van der Waals surface area contributed by atoms with E-state index < -0.39 is 0 Å². The molecule has 0 fully saturated rings. The summed E-state index contributed by atoms with van der Waals surface area (Å²) in [4.78, 5) is 0. The first kappa shape index (κ1) is 22.2. The number of hydrogen-bond acceptors (Lipinski definition) is 1. The lowest BCUT2D eigenvalue weighted by molar-refractivity contribution is 0.476. The van der Waals surface area contributed by atoms with Crippen LogP contribution in [0.4, 0.5) is 0 Å². The number of rotatable bonds is 0. The summed E-state index contributed by atoms with van der Waals surface area (Å²) in [5.74, 6) is -0.363. The first-order valence-electron chi connectivity index (χ1n) is 5.19. The Balaban J connectivity index is 0.000000231. The molecule has 23 heavy (non-hydrogen) atoms. The van der Waals surface area contributed by atoms with E-state index in [0.717, 1.165) is 0 Å². The molecule has 0 heterocycles. The molecule has 0 aliphatic carbocycles. The van der Waals surface area contributed by atoms with Crippen LogP contribution < -0.4 is 0 Å². The Labute approximate surface area is 181 Å². The minimum atomic E-state index is -0.363. The zero-order valence-corrected chi connectivity index (χ0v) is 17.9. The van der Waals surface area contributed by atoms with Crippen molar-refractivity contribution in [2.45, 2.75) is 0 Å². The van der Waals surface area contributed by atoms with Gasteiger partial charge in [-0.15, -0.1) is 0 Å². The topological polar surface area (TPSA) is 20.2 Å². The molecule has 0 aliphatic rings. The smallest absolute Gasteiger partial charge is 0.155 e. The van der Waals surface area contributed by atoms with E-state index in [4.69, 9.17) is 116 Å². The molecule has 2 aromatic carbocycles. The molecule has 0 atom stereocenters. The standard InChI is InChI=1S/C6HCl5O.C6HCl5/c7-1-2(8)4(10)6(12)5(11)3(1)9;7-2-1-3(8)5(10)6(11)4(2)9/h12H;1H. The van der Waals surface area contributed by atoms with Gasteiger partial charge in [0.1, 0.15) is 10.0 Å². The molecule has 2 aromatic rings. The van der Waals surface area contributed by atoms with Crippen molar-refractivity contribution in [3.63, 3.8) is 0 Å². The highest BCUT2D eigenvalue weighted by Crippen LogP contribution is 2.47. The largest absolute Gasteiger partial charge is 0.505 e. The number of phenols is 1. The van der Waals surface area contributed by atoms with E-state index >= 15 is 0 Å². The second kappa shape index (κ2) is 9.19. The summed E-state index contributed by atoms with van der Waals surface area (Å²) in [6, 6.07) is 1.44. The molecule has 0 aliphatic heterocycles. The summed E-state index contributed by atoms with van der Waals surface area (Å²) in [5, 5.41) is 10.2. The van der Waals surface area contributed by atoms with Crippen molar-refractivity contribution in [1.29, 1.82) is 0 Å². The summed E-state index contributed by atoms with van der Waals surface area (Å²) >= 11 is 56.1. The van der Waals surface area contributed by atoms with Gasteiger partial charge in [-0.1, -0.05) is 116 Å². The van der Waals surface area contributed by atoms with Crippen LogP contribution in [0.5, 0.6) is 5.75 Å². The van der Waals surface area contributed by atoms with Crippen LogP contribution in [0.3, 0.4) is 0 Å². The Morgan fingerprint density at radius 3 is 1.04 bits per heavy atom. The van der Waals surface area contributed by atoms with Crippen LogP contribution in [0.25, 0.3) is 0 Å². The number of phenolic OH excluding ortho intramolecular Hbond substituents is 1. The summed E-state index contributed by atoms with van der Waals surface area (Å²) in [6.07, 6.45) is 0. The first-order chi connectivity index (χ1) is 10.5. The molecular weight excluding hydrogens is 515 g/mol. The van der Waals surface area contributed by atoms with Crippen molar-refractivity contribution in [2.24, 2.45) is 0 Å². The molecule has 0 unspecified atom stereocenters. The van der Waals surface area contributed by atoms with Crippen molar-refractivity contribution in [2.75, 3.05) is 0 Å². The van der Waals surface area contributed by atoms with E-state index in [-0.39, 0.29) is 45.9 Å². The first-order valence-corrected chi connectivity index (χ1v) is 8.97. The maximum absolute atomic E-state index is 9.20. The van der Waals surface area contributed by atoms with E-state index in [1.54, 1.807) is 0 Å². The zero-order chi connectivity index (χ0) is 18.1. The van der Waals surface area contributed by atoms with Crippen molar-refractivity contribution >= 4 is 116 Å². The fraction of sp³-hybridized carbons (Fsp3) is 0. The fourth-order valence-corrected chi connectivity index (χ4v) is 3.38. The van der Waals surface area contributed by atoms with E-state index in [2.05, 4.69) is 0 Å². The Kier molecular flexibility index (Phi) is 8.86. The predicted octanol–water partition coefficient (Wildman–Crippen LogP) is 9.61. The molecule has 0 amide bonds. The molecule has 0 radical (unpaired) electrons. The van der Waals surface area contributed by atoms with Gasteiger partial charge in [-0.2, -0.15) is 0 Å². The highest BCUT2D eigenvalue weighted by atomic mass is 35.5. The fourth-order valence-electron chi connectivity index (χ4n) is 1.14. The monoisotopic (exact) mass is 512 g/mol. The molecule has 0 spiro atoms. The minimum Gasteiger partial charge on any atom is -0.505 e. The third-order valence-corrected chi connectivity index (χ3v) is 6.65. The zero-order valence-electron chi connectivity index (χ0n) is 10.3. The number of hydrogen-bond donors (Lipinski definition) is 1. The highest BCUT2D eigenvalue weighted by molar-refractivity contribution is 6.56. The van der Waals surface area contributed by atoms with Gasteiger partial charge < -0.3 is 5.11 Å². The number of aromatic hydroxyl groups is 1.